The number of allylic oxidation sites excluding steroid dienone is 1. The van der Waals surface area contributed by atoms with Gasteiger partial charge in [0.15, 0.2) is 0 Å². The molecule has 0 aliphatic carbocycles. The van der Waals surface area contributed by atoms with E-state index in [1.807, 2.05) is 30.3 Å². The first kappa shape index (κ1) is 26.3. The lowest BCUT2D eigenvalue weighted by atomic mass is 10.1. The Hall–Kier alpha value is -3.75. The molecular weight excluding hydrogens is 532 g/mol. The average Bonchev–Trinajstić information content (AvgIpc) is 3.32. The Morgan fingerprint density at radius 3 is 2.24 bits per heavy atom. The molecule has 1 heterocycles. The molecule has 4 aromatic rings. The van der Waals surface area contributed by atoms with Crippen molar-refractivity contribution in [2.75, 3.05) is 14.1 Å². The standard InChI is InChI=1S/C26H21ClN4O4S2/c1-30(2)37(34,35)24-10-6-7-19(15-24)26-20(18-31(29-26)22-8-4-3-5-9-22)16-25(17-28)36(32,33)23-13-11-21(27)12-14-23/h3-16,18H,1-2H3/b25-16-. The number of sulfone groups is 1. The summed E-state index contributed by atoms with van der Waals surface area (Å²) in [5.74, 6) is 0. The topological polar surface area (TPSA) is 113 Å². The highest BCUT2D eigenvalue weighted by Crippen LogP contribution is 2.30. The first-order valence-electron chi connectivity index (χ1n) is 10.8. The van der Waals surface area contributed by atoms with E-state index >= 15 is 0 Å². The van der Waals surface area contributed by atoms with Crippen molar-refractivity contribution in [1.82, 2.24) is 14.1 Å². The van der Waals surface area contributed by atoms with Crippen LogP contribution in [0.4, 0.5) is 0 Å². The number of benzene rings is 3. The van der Waals surface area contributed by atoms with Crippen LogP contribution in [0.5, 0.6) is 0 Å². The number of nitriles is 1. The van der Waals surface area contributed by atoms with E-state index in [4.69, 9.17) is 11.6 Å². The van der Waals surface area contributed by atoms with Crippen LogP contribution in [0.25, 0.3) is 23.0 Å². The van der Waals surface area contributed by atoms with Gasteiger partial charge in [-0.1, -0.05) is 41.9 Å². The second-order valence-corrected chi connectivity index (χ2v) is 12.6. The Morgan fingerprint density at radius 1 is 0.946 bits per heavy atom. The van der Waals surface area contributed by atoms with Gasteiger partial charge in [0.1, 0.15) is 16.7 Å². The SMILES string of the molecule is CN(C)S(=O)(=O)c1cccc(-c2nn(-c3ccccc3)cc2/C=C(/C#N)S(=O)(=O)c2ccc(Cl)cc2)c1. The molecule has 0 saturated carbocycles. The van der Waals surface area contributed by atoms with Gasteiger partial charge in [-0.15, -0.1) is 0 Å². The Morgan fingerprint density at radius 2 is 1.62 bits per heavy atom. The van der Waals surface area contributed by atoms with Crippen LogP contribution >= 0.6 is 11.6 Å². The molecule has 0 unspecified atom stereocenters. The summed E-state index contributed by atoms with van der Waals surface area (Å²) in [5.41, 5.74) is 1.75. The van der Waals surface area contributed by atoms with E-state index in [1.54, 1.807) is 24.4 Å². The summed E-state index contributed by atoms with van der Waals surface area (Å²) in [7, 11) is -5.03. The van der Waals surface area contributed by atoms with Gasteiger partial charge in [0, 0.05) is 36.4 Å². The van der Waals surface area contributed by atoms with Crippen LogP contribution in [0.2, 0.25) is 5.02 Å². The quantitative estimate of drug-likeness (QED) is 0.305. The highest BCUT2D eigenvalue weighted by molar-refractivity contribution is 7.95. The summed E-state index contributed by atoms with van der Waals surface area (Å²) in [6, 6.07) is 22.6. The van der Waals surface area contributed by atoms with E-state index in [-0.39, 0.29) is 9.79 Å². The number of sulfonamides is 1. The van der Waals surface area contributed by atoms with Crippen LogP contribution in [-0.2, 0) is 19.9 Å². The van der Waals surface area contributed by atoms with E-state index in [2.05, 4.69) is 5.10 Å². The molecule has 0 radical (unpaired) electrons. The van der Waals surface area contributed by atoms with E-state index < -0.39 is 24.8 Å². The minimum absolute atomic E-state index is 0.0495. The van der Waals surface area contributed by atoms with Crippen molar-refractivity contribution in [2.24, 2.45) is 0 Å². The van der Waals surface area contributed by atoms with Crippen LogP contribution in [0.15, 0.2) is 99.8 Å². The zero-order valence-corrected chi connectivity index (χ0v) is 22.2. The molecule has 37 heavy (non-hydrogen) atoms. The largest absolute Gasteiger partial charge is 0.242 e. The van der Waals surface area contributed by atoms with Gasteiger partial charge in [-0.05, 0) is 54.6 Å². The molecule has 188 valence electrons. The van der Waals surface area contributed by atoms with Gasteiger partial charge in [-0.2, -0.15) is 10.4 Å². The smallest absolute Gasteiger partial charge is 0.240 e. The maximum Gasteiger partial charge on any atom is 0.242 e. The number of hydrogen-bond acceptors (Lipinski definition) is 6. The molecular formula is C26H21ClN4O4S2. The number of aromatic nitrogens is 2. The fourth-order valence-electron chi connectivity index (χ4n) is 3.50. The lowest BCUT2D eigenvalue weighted by Crippen LogP contribution is -2.22. The zero-order chi connectivity index (χ0) is 26.8. The van der Waals surface area contributed by atoms with Gasteiger partial charge < -0.3 is 0 Å². The fourth-order valence-corrected chi connectivity index (χ4v) is 5.72. The number of rotatable bonds is 7. The van der Waals surface area contributed by atoms with E-state index in [0.717, 1.165) is 4.31 Å². The van der Waals surface area contributed by atoms with Crippen molar-refractivity contribution in [3.8, 4) is 23.0 Å². The normalized spacial score (nSPS) is 12.5. The maximum atomic E-state index is 13.2. The van der Waals surface area contributed by atoms with Crippen LogP contribution in [0, 0.1) is 11.3 Å². The van der Waals surface area contributed by atoms with Gasteiger partial charge in [0.25, 0.3) is 0 Å². The molecule has 4 rings (SSSR count). The molecule has 0 fully saturated rings. The van der Waals surface area contributed by atoms with Gasteiger partial charge in [-0.25, -0.2) is 25.8 Å². The second kappa shape index (κ2) is 10.3. The molecule has 0 aliphatic rings. The molecule has 0 spiro atoms. The molecule has 0 N–H and O–H groups in total. The minimum Gasteiger partial charge on any atom is -0.240 e. The summed E-state index contributed by atoms with van der Waals surface area (Å²) >= 11 is 5.89. The Balaban J connectivity index is 1.92. The fraction of sp³-hybridized carbons (Fsp3) is 0.0769. The Labute approximate surface area is 220 Å². The minimum atomic E-state index is -4.16. The van der Waals surface area contributed by atoms with Crippen molar-refractivity contribution in [3.05, 3.63) is 101 Å². The first-order chi connectivity index (χ1) is 17.5. The summed E-state index contributed by atoms with van der Waals surface area (Å²) in [6.45, 7) is 0. The summed E-state index contributed by atoms with van der Waals surface area (Å²) in [5, 5.41) is 14.8. The van der Waals surface area contributed by atoms with Crippen molar-refractivity contribution in [1.29, 1.82) is 5.26 Å². The maximum absolute atomic E-state index is 13.2. The van der Waals surface area contributed by atoms with Gasteiger partial charge in [-0.3, -0.25) is 0 Å². The Kier molecular flexibility index (Phi) is 7.34. The summed E-state index contributed by atoms with van der Waals surface area (Å²) < 4.78 is 54.5. The molecule has 0 aliphatic heterocycles. The van der Waals surface area contributed by atoms with Crippen LogP contribution in [-0.4, -0.2) is 45.0 Å². The molecule has 0 atom stereocenters. The monoisotopic (exact) mass is 552 g/mol. The molecule has 8 nitrogen and oxygen atoms in total. The number of hydrogen-bond donors (Lipinski definition) is 0. The Bertz CT molecular complexity index is 1740. The van der Waals surface area contributed by atoms with Gasteiger partial charge in [0.05, 0.1) is 15.5 Å². The van der Waals surface area contributed by atoms with E-state index in [0.29, 0.717) is 27.5 Å². The molecule has 3 aromatic carbocycles. The van der Waals surface area contributed by atoms with Crippen LogP contribution in [0.1, 0.15) is 5.56 Å². The second-order valence-electron chi connectivity index (χ2n) is 8.11. The third-order valence-corrected chi connectivity index (χ3v) is 9.20. The molecule has 1 aromatic heterocycles. The first-order valence-corrected chi connectivity index (χ1v) is 14.1. The highest BCUT2D eigenvalue weighted by atomic mass is 35.5. The van der Waals surface area contributed by atoms with Gasteiger partial charge in [0.2, 0.25) is 19.9 Å². The third-order valence-electron chi connectivity index (χ3n) is 5.46. The van der Waals surface area contributed by atoms with Crippen LogP contribution in [0.3, 0.4) is 0 Å². The summed E-state index contributed by atoms with van der Waals surface area (Å²) in [4.78, 5) is -0.532. The number of nitrogens with zero attached hydrogens (tertiary/aromatic N) is 4. The van der Waals surface area contributed by atoms with E-state index in [1.165, 1.54) is 61.3 Å². The highest BCUT2D eigenvalue weighted by Gasteiger charge is 2.23. The average molecular weight is 553 g/mol. The van der Waals surface area contributed by atoms with Crippen molar-refractivity contribution < 1.29 is 16.8 Å². The molecule has 0 bridgehead atoms. The lowest BCUT2D eigenvalue weighted by Gasteiger charge is -2.12. The van der Waals surface area contributed by atoms with E-state index in [9.17, 15) is 22.1 Å². The van der Waals surface area contributed by atoms with Gasteiger partial charge >= 0.3 is 0 Å². The van der Waals surface area contributed by atoms with Crippen molar-refractivity contribution in [3.63, 3.8) is 0 Å². The number of para-hydroxylation sites is 1. The number of halogens is 1. The predicted octanol–water partition coefficient (Wildman–Crippen LogP) is 4.78. The zero-order valence-electron chi connectivity index (χ0n) is 19.8. The summed E-state index contributed by atoms with van der Waals surface area (Å²) in [6.07, 6.45) is 2.82. The lowest BCUT2D eigenvalue weighted by molar-refractivity contribution is 0.521. The van der Waals surface area contributed by atoms with Crippen LogP contribution < -0.4 is 0 Å². The molecule has 11 heteroatoms. The molecule has 0 saturated heterocycles. The third kappa shape index (κ3) is 5.35. The van der Waals surface area contributed by atoms with Crippen molar-refractivity contribution >= 4 is 37.5 Å². The predicted molar refractivity (Wildman–Crippen MR) is 142 cm³/mol. The molecule has 0 amide bonds. The van der Waals surface area contributed by atoms with Crippen molar-refractivity contribution in [2.45, 2.75) is 9.79 Å².